The van der Waals surface area contributed by atoms with E-state index < -0.39 is 6.09 Å². The highest BCUT2D eigenvalue weighted by Crippen LogP contribution is 2.35. The van der Waals surface area contributed by atoms with E-state index in [-0.39, 0.29) is 23.4 Å². The second-order valence-electron chi connectivity index (χ2n) is 8.67. The van der Waals surface area contributed by atoms with E-state index in [4.69, 9.17) is 14.2 Å². The molecular formula is C24H23FN4O5. The molecule has 34 heavy (non-hydrogen) atoms. The summed E-state index contributed by atoms with van der Waals surface area (Å²) in [7, 11) is 0. The number of carbonyl (C=O) groups is 1. The summed E-state index contributed by atoms with van der Waals surface area (Å²) in [6.45, 7) is 2.85. The van der Waals surface area contributed by atoms with Crippen molar-refractivity contribution in [2.75, 3.05) is 37.7 Å². The molecule has 1 fully saturated rings. The Bertz CT molecular complexity index is 1340. The second-order valence-corrected chi connectivity index (χ2v) is 8.67. The lowest BCUT2D eigenvalue weighted by molar-refractivity contribution is 0.136. The summed E-state index contributed by atoms with van der Waals surface area (Å²) < 4.78 is 32.8. The Balaban J connectivity index is 1.06. The van der Waals surface area contributed by atoms with Gasteiger partial charge in [-0.25, -0.2) is 14.2 Å². The number of cyclic esters (lactones) is 1. The molecule has 0 aliphatic carbocycles. The van der Waals surface area contributed by atoms with Gasteiger partial charge in [-0.1, -0.05) is 0 Å². The molecule has 0 spiro atoms. The highest BCUT2D eigenvalue weighted by atomic mass is 19.1. The van der Waals surface area contributed by atoms with Crippen LogP contribution in [-0.4, -0.2) is 54.6 Å². The van der Waals surface area contributed by atoms with Crippen LogP contribution in [0.2, 0.25) is 0 Å². The zero-order valence-electron chi connectivity index (χ0n) is 18.3. The third-order valence-electron chi connectivity index (χ3n) is 6.55. The van der Waals surface area contributed by atoms with E-state index >= 15 is 0 Å². The summed E-state index contributed by atoms with van der Waals surface area (Å²) in [6.07, 6.45) is 1.41. The number of hydrogen-bond donors (Lipinski definition) is 1. The number of ether oxygens (including phenoxy) is 3. The van der Waals surface area contributed by atoms with Gasteiger partial charge in [-0.2, -0.15) is 0 Å². The summed E-state index contributed by atoms with van der Waals surface area (Å²) in [5.41, 5.74) is 1.16. The largest absolute Gasteiger partial charge is 0.486 e. The van der Waals surface area contributed by atoms with Crippen LogP contribution in [0.1, 0.15) is 17.9 Å². The molecule has 0 bridgehead atoms. The number of fused-ring (bicyclic) bond motifs is 1. The van der Waals surface area contributed by atoms with E-state index in [2.05, 4.69) is 10.3 Å². The summed E-state index contributed by atoms with van der Waals surface area (Å²) >= 11 is 0. The molecule has 0 unspecified atom stereocenters. The molecule has 2 atom stereocenters. The maximum Gasteiger partial charge on any atom is 0.415 e. The van der Waals surface area contributed by atoms with Gasteiger partial charge in [0.05, 0.1) is 18.3 Å². The fraction of sp³-hybridized carbons (Fsp3) is 0.375. The highest BCUT2D eigenvalue weighted by Gasteiger charge is 2.34. The van der Waals surface area contributed by atoms with Gasteiger partial charge in [0, 0.05) is 36.7 Å². The SMILES string of the molecule is O=C1O[C@@H](CCNC[C@H]2Cn3c(=O)ccc4ccc(F)c2c43)CN1c1cc2c(cn1)OCCO2. The lowest BCUT2D eigenvalue weighted by Gasteiger charge is -2.20. The van der Waals surface area contributed by atoms with Gasteiger partial charge in [0.25, 0.3) is 5.56 Å². The second kappa shape index (κ2) is 8.28. The predicted octanol–water partition coefficient (Wildman–Crippen LogP) is 2.41. The lowest BCUT2D eigenvalue weighted by Crippen LogP contribution is -2.29. The Hall–Kier alpha value is -3.66. The maximum atomic E-state index is 14.6. The van der Waals surface area contributed by atoms with Gasteiger partial charge in [0.1, 0.15) is 31.0 Å². The van der Waals surface area contributed by atoms with E-state index in [1.54, 1.807) is 29.0 Å². The molecule has 10 heteroatoms. The first-order valence-corrected chi connectivity index (χ1v) is 11.3. The lowest BCUT2D eigenvalue weighted by atomic mass is 9.99. The molecule has 3 aliphatic rings. The molecule has 176 valence electrons. The monoisotopic (exact) mass is 466 g/mol. The smallest absolute Gasteiger partial charge is 0.415 e. The van der Waals surface area contributed by atoms with Crippen molar-refractivity contribution in [1.82, 2.24) is 14.9 Å². The fourth-order valence-corrected chi connectivity index (χ4v) is 4.93. The first-order valence-electron chi connectivity index (χ1n) is 11.3. The van der Waals surface area contributed by atoms with E-state index in [0.717, 1.165) is 5.39 Å². The number of nitrogens with one attached hydrogen (secondary N) is 1. The minimum absolute atomic E-state index is 0.118. The van der Waals surface area contributed by atoms with Gasteiger partial charge >= 0.3 is 6.09 Å². The van der Waals surface area contributed by atoms with Crippen LogP contribution in [0.3, 0.4) is 0 Å². The number of hydrogen-bond acceptors (Lipinski definition) is 7. The van der Waals surface area contributed by atoms with Gasteiger partial charge in [0.2, 0.25) is 0 Å². The molecule has 9 nitrogen and oxygen atoms in total. The molecule has 6 rings (SSSR count). The highest BCUT2D eigenvalue weighted by molar-refractivity contribution is 5.89. The summed E-state index contributed by atoms with van der Waals surface area (Å²) in [5.74, 6) is 1.16. The third-order valence-corrected chi connectivity index (χ3v) is 6.55. The van der Waals surface area contributed by atoms with Gasteiger partial charge in [0.15, 0.2) is 11.5 Å². The van der Waals surface area contributed by atoms with Crippen molar-refractivity contribution >= 4 is 22.8 Å². The summed E-state index contributed by atoms with van der Waals surface area (Å²) in [6, 6.07) is 8.12. The van der Waals surface area contributed by atoms with Gasteiger partial charge in [-0.05, 0) is 36.6 Å². The Morgan fingerprint density at radius 3 is 2.79 bits per heavy atom. The number of aromatic nitrogens is 2. The molecule has 1 N–H and O–H groups in total. The molecule has 5 heterocycles. The zero-order valence-corrected chi connectivity index (χ0v) is 18.3. The summed E-state index contributed by atoms with van der Waals surface area (Å²) in [5, 5.41) is 4.21. The van der Waals surface area contributed by atoms with Crippen LogP contribution in [0.25, 0.3) is 10.9 Å². The number of carbonyl (C=O) groups excluding carboxylic acids is 1. The Kier molecular flexibility index (Phi) is 5.09. The third kappa shape index (κ3) is 3.54. The van der Waals surface area contributed by atoms with Crippen LogP contribution in [-0.2, 0) is 11.3 Å². The number of rotatable bonds is 6. The topological polar surface area (TPSA) is 94.9 Å². The standard InChI is InChI=1S/C24H23FN4O5/c25-17-3-1-14-2-4-21(30)29-12-15(22(17)23(14)29)10-26-6-5-16-13-28(24(31)34-16)20-9-18-19(11-27-20)33-8-7-32-18/h1-4,9,11,15-16,26H,5-8,10,12-13H2/t15-,16-/m0/s1. The maximum absolute atomic E-state index is 14.6. The number of pyridine rings is 2. The molecule has 0 radical (unpaired) electrons. The van der Waals surface area contributed by atoms with Crippen LogP contribution in [0.15, 0.2) is 41.3 Å². The molecule has 3 aromatic rings. The molecular weight excluding hydrogens is 443 g/mol. The van der Waals surface area contributed by atoms with Crippen molar-refractivity contribution in [1.29, 1.82) is 0 Å². The van der Waals surface area contributed by atoms with Gasteiger partial charge in [-0.15, -0.1) is 0 Å². The molecule has 1 saturated heterocycles. The number of halogens is 1. The molecule has 1 aromatic carbocycles. The number of nitrogens with zero attached hydrogens (tertiary/aromatic N) is 3. The van der Waals surface area contributed by atoms with Crippen LogP contribution in [0.4, 0.5) is 15.0 Å². The van der Waals surface area contributed by atoms with Crippen LogP contribution >= 0.6 is 0 Å². The number of benzene rings is 1. The van der Waals surface area contributed by atoms with Crippen LogP contribution in [0, 0.1) is 5.82 Å². The van der Waals surface area contributed by atoms with Crippen molar-refractivity contribution < 1.29 is 23.4 Å². The van der Waals surface area contributed by atoms with Crippen molar-refractivity contribution in [2.24, 2.45) is 0 Å². The minimum Gasteiger partial charge on any atom is -0.486 e. The predicted molar refractivity (Wildman–Crippen MR) is 121 cm³/mol. The Morgan fingerprint density at radius 1 is 1.09 bits per heavy atom. The van der Waals surface area contributed by atoms with E-state index in [1.165, 1.54) is 17.0 Å². The zero-order chi connectivity index (χ0) is 23.2. The average molecular weight is 466 g/mol. The van der Waals surface area contributed by atoms with E-state index in [9.17, 15) is 14.0 Å². The molecule has 0 saturated carbocycles. The van der Waals surface area contributed by atoms with Crippen LogP contribution in [0.5, 0.6) is 11.5 Å². The van der Waals surface area contributed by atoms with E-state index in [0.29, 0.717) is 74.2 Å². The molecule has 3 aliphatic heterocycles. The quantitative estimate of drug-likeness (QED) is 0.558. The molecule has 1 amide bonds. The normalized spacial score (nSPS) is 20.7. The number of amides is 1. The van der Waals surface area contributed by atoms with Crippen molar-refractivity contribution in [3.63, 3.8) is 0 Å². The first kappa shape index (κ1) is 20.9. The Morgan fingerprint density at radius 2 is 1.91 bits per heavy atom. The minimum atomic E-state index is -0.450. The van der Waals surface area contributed by atoms with Gasteiger partial charge in [-0.3, -0.25) is 9.69 Å². The van der Waals surface area contributed by atoms with Crippen molar-refractivity contribution in [2.45, 2.75) is 25.0 Å². The van der Waals surface area contributed by atoms with Gasteiger partial charge < -0.3 is 24.1 Å². The van der Waals surface area contributed by atoms with Crippen molar-refractivity contribution in [3.05, 3.63) is 58.3 Å². The molecule has 2 aromatic heterocycles. The van der Waals surface area contributed by atoms with Crippen molar-refractivity contribution in [3.8, 4) is 11.5 Å². The Labute approximate surface area is 194 Å². The van der Waals surface area contributed by atoms with Crippen LogP contribution < -0.4 is 25.2 Å². The summed E-state index contributed by atoms with van der Waals surface area (Å²) in [4.78, 5) is 30.4. The average Bonchev–Trinajstić information content (AvgIpc) is 3.42. The first-order chi connectivity index (χ1) is 16.6. The van der Waals surface area contributed by atoms with E-state index in [1.807, 2.05) is 0 Å². The fourth-order valence-electron chi connectivity index (χ4n) is 4.93. The number of anilines is 1.